The number of benzene rings is 1. The molecule has 0 aromatic heterocycles. The lowest BCUT2D eigenvalue weighted by Gasteiger charge is -2.16. The van der Waals surface area contributed by atoms with Crippen molar-refractivity contribution in [2.75, 3.05) is 27.3 Å². The molecule has 6 nitrogen and oxygen atoms in total. The minimum Gasteiger partial charge on any atom is -0.383 e. The number of hydroxylamine groups is 1. The summed E-state index contributed by atoms with van der Waals surface area (Å²) in [5.41, 5.74) is 1.43. The highest BCUT2D eigenvalue weighted by Crippen LogP contribution is 2.07. The highest BCUT2D eigenvalue weighted by Gasteiger charge is 2.11. The fourth-order valence-electron chi connectivity index (χ4n) is 1.49. The second kappa shape index (κ2) is 7.07. The van der Waals surface area contributed by atoms with Crippen LogP contribution in [0.15, 0.2) is 24.3 Å². The van der Waals surface area contributed by atoms with Gasteiger partial charge in [0, 0.05) is 26.3 Å². The smallest absolute Gasteiger partial charge is 0.253 e. The Bertz CT molecular complexity index is 379. The monoisotopic (exact) mass is 253 g/mol. The number of carbonyl (C=O) groups is 1. The third-order valence-corrected chi connectivity index (χ3v) is 2.52. The molecule has 6 heteroatoms. The zero-order valence-electron chi connectivity index (χ0n) is 10.7. The van der Waals surface area contributed by atoms with E-state index in [0.717, 1.165) is 5.56 Å². The summed E-state index contributed by atoms with van der Waals surface area (Å²) in [6, 6.07) is 6.94. The molecule has 1 aromatic carbocycles. The number of hydrogen-bond donors (Lipinski definition) is 2. The fourth-order valence-corrected chi connectivity index (χ4v) is 1.49. The van der Waals surface area contributed by atoms with E-state index in [9.17, 15) is 4.79 Å². The molecule has 1 amide bonds. The van der Waals surface area contributed by atoms with Gasteiger partial charge >= 0.3 is 0 Å². The number of nitrogens with zero attached hydrogens (tertiary/aromatic N) is 2. The molecule has 3 N–H and O–H groups in total. The van der Waals surface area contributed by atoms with E-state index in [-0.39, 0.29) is 12.5 Å². The number of nitrogens with two attached hydrogens (primary N) is 1. The van der Waals surface area contributed by atoms with Gasteiger partial charge in [-0.05, 0) is 17.7 Å². The topological polar surface area (TPSA) is 79.0 Å². The van der Waals surface area contributed by atoms with Crippen LogP contribution in [-0.4, -0.2) is 48.5 Å². The van der Waals surface area contributed by atoms with Crippen LogP contribution in [0.4, 0.5) is 0 Å². The van der Waals surface area contributed by atoms with Crippen LogP contribution in [0.1, 0.15) is 15.9 Å². The highest BCUT2D eigenvalue weighted by atomic mass is 16.5. The number of rotatable bonds is 6. The maximum Gasteiger partial charge on any atom is 0.253 e. The van der Waals surface area contributed by atoms with Gasteiger partial charge in [0.25, 0.3) is 5.91 Å². The lowest BCUT2D eigenvalue weighted by atomic mass is 10.1. The van der Waals surface area contributed by atoms with E-state index in [4.69, 9.17) is 15.8 Å². The van der Waals surface area contributed by atoms with Gasteiger partial charge in [-0.2, -0.15) is 0 Å². The minimum absolute atomic E-state index is 0.0628. The minimum atomic E-state index is -0.0628. The second-order valence-electron chi connectivity index (χ2n) is 4.01. The number of methoxy groups -OCH3 is 1. The van der Waals surface area contributed by atoms with Gasteiger partial charge in [0.15, 0.2) is 0 Å². The molecule has 0 aliphatic heterocycles. The lowest BCUT2D eigenvalue weighted by molar-refractivity contribution is -0.102. The molecule has 0 heterocycles. The molecule has 100 valence electrons. The Hall–Kier alpha value is -1.47. The summed E-state index contributed by atoms with van der Waals surface area (Å²) in [5.74, 6) is 5.06. The first-order valence-corrected chi connectivity index (χ1v) is 5.59. The number of amides is 1. The van der Waals surface area contributed by atoms with Crippen LogP contribution in [0.5, 0.6) is 0 Å². The maximum absolute atomic E-state index is 12.0. The molecule has 0 radical (unpaired) electrons. The van der Waals surface area contributed by atoms with Crippen LogP contribution in [0, 0.1) is 0 Å². The van der Waals surface area contributed by atoms with Gasteiger partial charge in [-0.25, -0.2) is 5.84 Å². The quantitative estimate of drug-likeness (QED) is 0.569. The van der Waals surface area contributed by atoms with Gasteiger partial charge in [-0.3, -0.25) is 10.0 Å². The molecule has 0 spiro atoms. The van der Waals surface area contributed by atoms with Gasteiger partial charge in [0.05, 0.1) is 13.2 Å². The molecule has 0 saturated heterocycles. The van der Waals surface area contributed by atoms with Crippen LogP contribution in [0.3, 0.4) is 0 Å². The van der Waals surface area contributed by atoms with Gasteiger partial charge in [-0.15, -0.1) is 5.17 Å². The molecule has 0 saturated carbocycles. The van der Waals surface area contributed by atoms with E-state index in [1.807, 2.05) is 0 Å². The van der Waals surface area contributed by atoms with Crippen LogP contribution >= 0.6 is 0 Å². The molecule has 0 unspecified atom stereocenters. The number of carbonyl (C=O) groups excluding carboxylic acids is 1. The Morgan fingerprint density at radius 3 is 2.50 bits per heavy atom. The molecule has 0 aliphatic carbocycles. The van der Waals surface area contributed by atoms with Crippen LogP contribution in [-0.2, 0) is 11.3 Å². The van der Waals surface area contributed by atoms with Crippen LogP contribution < -0.4 is 5.84 Å². The molecule has 1 rings (SSSR count). The first-order valence-electron chi connectivity index (χ1n) is 5.59. The summed E-state index contributed by atoms with van der Waals surface area (Å²) in [6.07, 6.45) is 0. The largest absolute Gasteiger partial charge is 0.383 e. The summed E-state index contributed by atoms with van der Waals surface area (Å²) in [5, 5.41) is 9.49. The first-order chi connectivity index (χ1) is 8.54. The van der Waals surface area contributed by atoms with Crippen molar-refractivity contribution in [3.05, 3.63) is 35.4 Å². The first kappa shape index (κ1) is 14.6. The third kappa shape index (κ3) is 4.42. The standard InChI is InChI=1S/C12H19N3O3/c1-14(7-8-18-2)12(16)11-5-3-10(4-6-11)9-15(13)17/h3-6,17H,7-9,13H2,1-2H3. The number of hydrazine groups is 1. The van der Waals surface area contributed by atoms with E-state index in [2.05, 4.69) is 0 Å². The summed E-state index contributed by atoms with van der Waals surface area (Å²) in [6.45, 7) is 1.27. The molecular formula is C12H19N3O3. The predicted molar refractivity (Wildman–Crippen MR) is 66.8 cm³/mol. The van der Waals surface area contributed by atoms with Crippen molar-refractivity contribution < 1.29 is 14.7 Å². The van der Waals surface area contributed by atoms with E-state index in [1.54, 1.807) is 43.3 Å². The van der Waals surface area contributed by atoms with Crippen LogP contribution in [0.25, 0.3) is 0 Å². The SMILES string of the molecule is COCCN(C)C(=O)c1ccc(CN(N)O)cc1. The second-order valence-corrected chi connectivity index (χ2v) is 4.01. The van der Waals surface area contributed by atoms with E-state index in [1.165, 1.54) is 0 Å². The van der Waals surface area contributed by atoms with E-state index in [0.29, 0.717) is 23.9 Å². The zero-order chi connectivity index (χ0) is 13.5. The Balaban J connectivity index is 2.63. The third-order valence-electron chi connectivity index (χ3n) is 2.52. The van der Waals surface area contributed by atoms with Gasteiger partial charge in [-0.1, -0.05) is 12.1 Å². The normalized spacial score (nSPS) is 10.7. The Kier molecular flexibility index (Phi) is 5.73. The van der Waals surface area contributed by atoms with E-state index >= 15 is 0 Å². The summed E-state index contributed by atoms with van der Waals surface area (Å²) in [4.78, 5) is 13.6. The number of ether oxygens (including phenoxy) is 1. The van der Waals surface area contributed by atoms with Crippen LogP contribution in [0.2, 0.25) is 0 Å². The number of likely N-dealkylation sites (N-methyl/N-ethyl adjacent to an activating group) is 1. The molecule has 0 aliphatic rings. The molecule has 0 bridgehead atoms. The Morgan fingerprint density at radius 1 is 1.39 bits per heavy atom. The van der Waals surface area contributed by atoms with Crippen molar-refractivity contribution in [3.63, 3.8) is 0 Å². The zero-order valence-corrected chi connectivity index (χ0v) is 10.7. The number of hydrogen-bond acceptors (Lipinski definition) is 5. The van der Waals surface area contributed by atoms with Crippen molar-refractivity contribution in [1.29, 1.82) is 0 Å². The fraction of sp³-hybridized carbons (Fsp3) is 0.417. The summed E-state index contributed by atoms with van der Waals surface area (Å²) >= 11 is 0. The van der Waals surface area contributed by atoms with Gasteiger partial charge in [0.2, 0.25) is 0 Å². The van der Waals surface area contributed by atoms with Gasteiger partial charge in [0.1, 0.15) is 0 Å². The maximum atomic E-state index is 12.0. The molecular weight excluding hydrogens is 234 g/mol. The van der Waals surface area contributed by atoms with Crippen molar-refractivity contribution in [3.8, 4) is 0 Å². The molecule has 0 fully saturated rings. The molecule has 0 atom stereocenters. The van der Waals surface area contributed by atoms with Crippen molar-refractivity contribution in [2.45, 2.75) is 6.54 Å². The van der Waals surface area contributed by atoms with Crippen molar-refractivity contribution >= 4 is 5.91 Å². The summed E-state index contributed by atoms with van der Waals surface area (Å²) in [7, 11) is 3.32. The van der Waals surface area contributed by atoms with Crippen molar-refractivity contribution in [1.82, 2.24) is 10.1 Å². The predicted octanol–water partition coefficient (Wildman–Crippen LogP) is 0.470. The van der Waals surface area contributed by atoms with E-state index < -0.39 is 0 Å². The molecule has 18 heavy (non-hydrogen) atoms. The Morgan fingerprint density at radius 2 is 2.00 bits per heavy atom. The molecule has 1 aromatic rings. The Labute approximate surface area is 106 Å². The lowest BCUT2D eigenvalue weighted by Crippen LogP contribution is -2.30. The van der Waals surface area contributed by atoms with Gasteiger partial charge < -0.3 is 9.64 Å². The average Bonchev–Trinajstić information content (AvgIpc) is 2.35. The highest BCUT2D eigenvalue weighted by molar-refractivity contribution is 5.94. The average molecular weight is 253 g/mol. The summed E-state index contributed by atoms with van der Waals surface area (Å²) < 4.78 is 4.92. The van der Waals surface area contributed by atoms with Crippen molar-refractivity contribution in [2.24, 2.45) is 5.84 Å².